The maximum Gasteiger partial charge on any atom is 0.241 e. The van der Waals surface area contributed by atoms with Crippen LogP contribution in [-0.2, 0) is 10.0 Å². The summed E-state index contributed by atoms with van der Waals surface area (Å²) in [5.41, 5.74) is 1.55. The molecule has 7 nitrogen and oxygen atoms in total. The van der Waals surface area contributed by atoms with Crippen LogP contribution in [0, 0.1) is 6.92 Å². The zero-order valence-electron chi connectivity index (χ0n) is 13.7. The topological polar surface area (TPSA) is 85.3 Å². The molecule has 0 saturated carbocycles. The summed E-state index contributed by atoms with van der Waals surface area (Å²) in [5.74, 6) is 1.24. The first kappa shape index (κ1) is 16.8. The molecule has 1 aliphatic heterocycles. The Labute approximate surface area is 141 Å². The standard InChI is InChI=1S/C16H20N4O3S/c1-12-14(4-3-7-17-12)23-16-15(18-8-9-19-16)13-5-10-20(11-6-13)24(2,21)22/h3-4,7-9,13H,5-6,10-11H2,1-2H3. The van der Waals surface area contributed by atoms with Crippen LogP contribution in [0.1, 0.15) is 30.1 Å². The van der Waals surface area contributed by atoms with Crippen molar-refractivity contribution in [2.75, 3.05) is 19.3 Å². The molecule has 0 unspecified atom stereocenters. The monoisotopic (exact) mass is 348 g/mol. The van der Waals surface area contributed by atoms with E-state index < -0.39 is 10.0 Å². The Bertz CT molecular complexity index is 818. The zero-order chi connectivity index (χ0) is 17.2. The van der Waals surface area contributed by atoms with Crippen LogP contribution < -0.4 is 4.74 Å². The number of piperidine rings is 1. The Morgan fingerprint density at radius 1 is 1.12 bits per heavy atom. The maximum atomic E-state index is 11.6. The van der Waals surface area contributed by atoms with Gasteiger partial charge in [-0.15, -0.1) is 0 Å². The molecule has 3 heterocycles. The Balaban J connectivity index is 1.79. The number of aryl methyl sites for hydroxylation is 1. The van der Waals surface area contributed by atoms with Crippen LogP contribution in [0.4, 0.5) is 0 Å². The average Bonchev–Trinajstić information content (AvgIpc) is 2.57. The molecule has 0 bridgehead atoms. The molecule has 1 aliphatic rings. The fraction of sp³-hybridized carbons (Fsp3) is 0.438. The quantitative estimate of drug-likeness (QED) is 0.841. The van der Waals surface area contributed by atoms with Crippen LogP contribution in [0.3, 0.4) is 0 Å². The predicted molar refractivity (Wildman–Crippen MR) is 89.5 cm³/mol. The van der Waals surface area contributed by atoms with E-state index in [2.05, 4.69) is 15.0 Å². The SMILES string of the molecule is Cc1ncccc1Oc1nccnc1C1CCN(S(C)(=O)=O)CC1. The number of sulfonamides is 1. The van der Waals surface area contributed by atoms with Gasteiger partial charge in [-0.2, -0.15) is 0 Å². The molecular weight excluding hydrogens is 328 g/mol. The molecule has 0 aromatic carbocycles. The number of rotatable bonds is 4. The zero-order valence-corrected chi connectivity index (χ0v) is 14.5. The van der Waals surface area contributed by atoms with Crippen molar-refractivity contribution < 1.29 is 13.2 Å². The van der Waals surface area contributed by atoms with E-state index >= 15 is 0 Å². The van der Waals surface area contributed by atoms with Gasteiger partial charge in [0.25, 0.3) is 0 Å². The number of hydrogen-bond donors (Lipinski definition) is 0. The van der Waals surface area contributed by atoms with Gasteiger partial charge in [0.1, 0.15) is 5.69 Å². The lowest BCUT2D eigenvalue weighted by Crippen LogP contribution is -2.37. The molecule has 0 aliphatic carbocycles. The van der Waals surface area contributed by atoms with E-state index in [1.807, 2.05) is 19.1 Å². The van der Waals surface area contributed by atoms with Crippen molar-refractivity contribution in [3.05, 3.63) is 42.1 Å². The second-order valence-corrected chi connectivity index (χ2v) is 7.85. The highest BCUT2D eigenvalue weighted by Crippen LogP contribution is 2.34. The molecule has 0 atom stereocenters. The van der Waals surface area contributed by atoms with Crippen LogP contribution in [-0.4, -0.2) is 47.0 Å². The molecule has 128 valence electrons. The third-order valence-corrected chi connectivity index (χ3v) is 5.47. The highest BCUT2D eigenvalue weighted by atomic mass is 32.2. The van der Waals surface area contributed by atoms with Crippen molar-refractivity contribution in [3.8, 4) is 11.6 Å². The van der Waals surface area contributed by atoms with Crippen molar-refractivity contribution in [1.82, 2.24) is 19.3 Å². The summed E-state index contributed by atoms with van der Waals surface area (Å²) in [5, 5.41) is 0. The fourth-order valence-electron chi connectivity index (χ4n) is 2.84. The fourth-order valence-corrected chi connectivity index (χ4v) is 3.71. The summed E-state index contributed by atoms with van der Waals surface area (Å²) in [6.07, 6.45) is 7.59. The van der Waals surface area contributed by atoms with Gasteiger partial charge >= 0.3 is 0 Å². The number of pyridine rings is 1. The molecular formula is C16H20N4O3S. The van der Waals surface area contributed by atoms with E-state index in [-0.39, 0.29) is 5.92 Å². The van der Waals surface area contributed by atoms with Crippen LogP contribution in [0.15, 0.2) is 30.7 Å². The molecule has 3 rings (SSSR count). The number of aromatic nitrogens is 3. The smallest absolute Gasteiger partial charge is 0.241 e. The summed E-state index contributed by atoms with van der Waals surface area (Å²) < 4.78 is 30.7. The second kappa shape index (κ2) is 6.82. The first-order valence-electron chi connectivity index (χ1n) is 7.80. The van der Waals surface area contributed by atoms with Crippen molar-refractivity contribution >= 4 is 10.0 Å². The third kappa shape index (κ3) is 3.70. The lowest BCUT2D eigenvalue weighted by Gasteiger charge is -2.30. The van der Waals surface area contributed by atoms with Gasteiger partial charge in [0.05, 0.1) is 11.9 Å². The van der Waals surface area contributed by atoms with Gasteiger partial charge < -0.3 is 4.74 Å². The summed E-state index contributed by atoms with van der Waals surface area (Å²) >= 11 is 0. The average molecular weight is 348 g/mol. The first-order valence-corrected chi connectivity index (χ1v) is 9.65. The summed E-state index contributed by atoms with van der Waals surface area (Å²) in [4.78, 5) is 13.0. The van der Waals surface area contributed by atoms with Gasteiger partial charge in [-0.1, -0.05) is 0 Å². The van der Waals surface area contributed by atoms with Gasteiger partial charge in [-0.25, -0.2) is 17.7 Å². The van der Waals surface area contributed by atoms with Gasteiger partial charge in [0.15, 0.2) is 5.75 Å². The van der Waals surface area contributed by atoms with Crippen molar-refractivity contribution in [2.24, 2.45) is 0 Å². The van der Waals surface area contributed by atoms with Gasteiger partial charge in [-0.05, 0) is 31.9 Å². The van der Waals surface area contributed by atoms with Crippen LogP contribution in [0.25, 0.3) is 0 Å². The molecule has 0 N–H and O–H groups in total. The summed E-state index contributed by atoms with van der Waals surface area (Å²) in [7, 11) is -3.14. The highest BCUT2D eigenvalue weighted by molar-refractivity contribution is 7.88. The molecule has 0 spiro atoms. The second-order valence-electron chi connectivity index (χ2n) is 5.87. The largest absolute Gasteiger partial charge is 0.435 e. The van der Waals surface area contributed by atoms with Crippen LogP contribution in [0.2, 0.25) is 0 Å². The molecule has 0 radical (unpaired) electrons. The highest BCUT2D eigenvalue weighted by Gasteiger charge is 2.28. The van der Waals surface area contributed by atoms with Crippen LogP contribution in [0.5, 0.6) is 11.6 Å². The molecule has 2 aromatic rings. The van der Waals surface area contributed by atoms with Gasteiger partial charge in [0.2, 0.25) is 15.9 Å². The van der Waals surface area contributed by atoms with Crippen molar-refractivity contribution in [3.63, 3.8) is 0 Å². The first-order chi connectivity index (χ1) is 11.4. The Morgan fingerprint density at radius 3 is 2.50 bits per heavy atom. The van der Waals surface area contributed by atoms with E-state index in [0.29, 0.717) is 37.6 Å². The Kier molecular flexibility index (Phi) is 4.77. The molecule has 2 aromatic heterocycles. The minimum Gasteiger partial charge on any atom is -0.435 e. The summed E-state index contributed by atoms with van der Waals surface area (Å²) in [6.45, 7) is 2.85. The van der Waals surface area contributed by atoms with E-state index in [4.69, 9.17) is 4.74 Å². The lowest BCUT2D eigenvalue weighted by atomic mass is 9.94. The Hall–Kier alpha value is -2.06. The molecule has 1 saturated heterocycles. The molecule has 0 amide bonds. The maximum absolute atomic E-state index is 11.6. The molecule has 1 fully saturated rings. The number of ether oxygens (including phenoxy) is 1. The molecule has 8 heteroatoms. The minimum absolute atomic E-state index is 0.128. The number of hydrogen-bond acceptors (Lipinski definition) is 6. The summed E-state index contributed by atoms with van der Waals surface area (Å²) in [6, 6.07) is 3.65. The van der Waals surface area contributed by atoms with Gasteiger partial charge in [0, 0.05) is 37.6 Å². The minimum atomic E-state index is -3.14. The van der Waals surface area contributed by atoms with Crippen molar-refractivity contribution in [2.45, 2.75) is 25.7 Å². The third-order valence-electron chi connectivity index (χ3n) is 4.17. The normalized spacial score (nSPS) is 16.9. The Morgan fingerprint density at radius 2 is 1.83 bits per heavy atom. The van der Waals surface area contributed by atoms with E-state index in [1.54, 1.807) is 18.6 Å². The van der Waals surface area contributed by atoms with E-state index in [0.717, 1.165) is 11.4 Å². The number of nitrogens with zero attached hydrogens (tertiary/aromatic N) is 4. The van der Waals surface area contributed by atoms with Crippen LogP contribution >= 0.6 is 0 Å². The predicted octanol–water partition coefficient (Wildman–Crippen LogP) is 2.11. The van der Waals surface area contributed by atoms with E-state index in [1.165, 1.54) is 10.6 Å². The van der Waals surface area contributed by atoms with Gasteiger partial charge in [-0.3, -0.25) is 9.97 Å². The molecule has 24 heavy (non-hydrogen) atoms. The van der Waals surface area contributed by atoms with E-state index in [9.17, 15) is 8.42 Å². The van der Waals surface area contributed by atoms with Crippen molar-refractivity contribution in [1.29, 1.82) is 0 Å². The lowest BCUT2D eigenvalue weighted by molar-refractivity contribution is 0.312.